The summed E-state index contributed by atoms with van der Waals surface area (Å²) in [4.78, 5) is 0. The third-order valence-electron chi connectivity index (χ3n) is 4.02. The highest BCUT2D eigenvalue weighted by Gasteiger charge is 2.31. The standard InChI is InChI=1S/C13H20N2O/c16-8-7-11-12(9-3-1-2-4-9)14-15-13(11)10-5-6-10/h9-10,16H,1-8H2,(H,14,15). The van der Waals surface area contributed by atoms with Crippen molar-refractivity contribution in [3.05, 3.63) is 17.0 Å². The Morgan fingerprint density at radius 1 is 1.12 bits per heavy atom. The molecule has 1 aromatic rings. The molecule has 0 aliphatic heterocycles. The molecule has 0 saturated heterocycles. The quantitative estimate of drug-likeness (QED) is 0.819. The summed E-state index contributed by atoms with van der Waals surface area (Å²) in [7, 11) is 0. The van der Waals surface area contributed by atoms with Crippen LogP contribution in [0.4, 0.5) is 0 Å². The number of nitrogens with zero attached hydrogens (tertiary/aromatic N) is 1. The maximum Gasteiger partial charge on any atom is 0.0688 e. The fraction of sp³-hybridized carbons (Fsp3) is 0.769. The Hall–Kier alpha value is -0.830. The van der Waals surface area contributed by atoms with Crippen LogP contribution in [-0.4, -0.2) is 21.9 Å². The van der Waals surface area contributed by atoms with Crippen molar-refractivity contribution < 1.29 is 5.11 Å². The van der Waals surface area contributed by atoms with Gasteiger partial charge in [0.05, 0.1) is 5.69 Å². The van der Waals surface area contributed by atoms with Crippen LogP contribution in [0, 0.1) is 0 Å². The van der Waals surface area contributed by atoms with Crippen molar-refractivity contribution in [2.24, 2.45) is 0 Å². The number of nitrogens with one attached hydrogen (secondary N) is 1. The number of aromatic nitrogens is 2. The van der Waals surface area contributed by atoms with Crippen LogP contribution in [0.15, 0.2) is 0 Å². The molecule has 2 aliphatic rings. The fourth-order valence-electron chi connectivity index (χ4n) is 3.01. The first-order chi connectivity index (χ1) is 7.90. The van der Waals surface area contributed by atoms with Crippen molar-refractivity contribution in [3.8, 4) is 0 Å². The highest BCUT2D eigenvalue weighted by atomic mass is 16.2. The molecule has 3 nitrogen and oxygen atoms in total. The minimum atomic E-state index is 0.249. The lowest BCUT2D eigenvalue weighted by atomic mass is 9.96. The molecule has 1 aromatic heterocycles. The second-order valence-corrected chi connectivity index (χ2v) is 5.23. The Kier molecular flexibility index (Phi) is 2.72. The number of aromatic amines is 1. The molecule has 0 spiro atoms. The summed E-state index contributed by atoms with van der Waals surface area (Å²) in [6, 6.07) is 0. The van der Waals surface area contributed by atoms with E-state index in [0.29, 0.717) is 11.8 Å². The highest BCUT2D eigenvalue weighted by Crippen LogP contribution is 2.44. The lowest BCUT2D eigenvalue weighted by Crippen LogP contribution is -2.01. The van der Waals surface area contributed by atoms with Gasteiger partial charge in [-0.1, -0.05) is 12.8 Å². The van der Waals surface area contributed by atoms with Gasteiger partial charge in [-0.2, -0.15) is 5.10 Å². The molecule has 0 atom stereocenters. The molecular weight excluding hydrogens is 200 g/mol. The van der Waals surface area contributed by atoms with E-state index < -0.39 is 0 Å². The Morgan fingerprint density at radius 2 is 1.88 bits per heavy atom. The van der Waals surface area contributed by atoms with Crippen LogP contribution in [0.3, 0.4) is 0 Å². The van der Waals surface area contributed by atoms with E-state index in [1.54, 1.807) is 0 Å². The lowest BCUT2D eigenvalue weighted by molar-refractivity contribution is 0.298. The fourth-order valence-corrected chi connectivity index (χ4v) is 3.01. The number of rotatable bonds is 4. The number of aliphatic hydroxyl groups excluding tert-OH is 1. The van der Waals surface area contributed by atoms with Crippen LogP contribution >= 0.6 is 0 Å². The van der Waals surface area contributed by atoms with Gasteiger partial charge in [-0.25, -0.2) is 0 Å². The summed E-state index contributed by atoms with van der Waals surface area (Å²) in [6.07, 6.45) is 8.63. The predicted molar refractivity (Wildman–Crippen MR) is 62.6 cm³/mol. The molecule has 3 heteroatoms. The Labute approximate surface area is 96.3 Å². The van der Waals surface area contributed by atoms with Gasteiger partial charge in [-0.15, -0.1) is 0 Å². The van der Waals surface area contributed by atoms with Gasteiger partial charge in [-0.05, 0) is 37.7 Å². The van der Waals surface area contributed by atoms with Crippen molar-refractivity contribution in [3.63, 3.8) is 0 Å². The first-order valence-corrected chi connectivity index (χ1v) is 6.58. The van der Waals surface area contributed by atoms with Gasteiger partial charge < -0.3 is 5.11 Å². The van der Waals surface area contributed by atoms with E-state index >= 15 is 0 Å². The molecular formula is C13H20N2O. The molecule has 16 heavy (non-hydrogen) atoms. The minimum Gasteiger partial charge on any atom is -0.396 e. The zero-order valence-corrected chi connectivity index (χ0v) is 9.71. The van der Waals surface area contributed by atoms with Gasteiger partial charge in [0.1, 0.15) is 0 Å². The van der Waals surface area contributed by atoms with E-state index in [1.165, 1.54) is 55.5 Å². The summed E-state index contributed by atoms with van der Waals surface area (Å²) in [5, 5.41) is 17.0. The average Bonchev–Trinajstić information content (AvgIpc) is 2.84. The zero-order chi connectivity index (χ0) is 11.0. The largest absolute Gasteiger partial charge is 0.396 e. The Morgan fingerprint density at radius 3 is 2.50 bits per heavy atom. The molecule has 2 fully saturated rings. The summed E-state index contributed by atoms with van der Waals surface area (Å²) in [5.74, 6) is 1.37. The number of H-pyrrole nitrogens is 1. The van der Waals surface area contributed by atoms with E-state index in [0.717, 1.165) is 6.42 Å². The topological polar surface area (TPSA) is 48.9 Å². The summed E-state index contributed by atoms with van der Waals surface area (Å²) < 4.78 is 0. The summed E-state index contributed by atoms with van der Waals surface area (Å²) in [5.41, 5.74) is 3.95. The molecule has 2 aliphatic carbocycles. The van der Waals surface area contributed by atoms with Crippen LogP contribution in [0.2, 0.25) is 0 Å². The van der Waals surface area contributed by atoms with Crippen LogP contribution in [0.25, 0.3) is 0 Å². The van der Waals surface area contributed by atoms with Crippen molar-refractivity contribution in [1.82, 2.24) is 10.2 Å². The van der Waals surface area contributed by atoms with E-state index in [1.807, 2.05) is 0 Å². The van der Waals surface area contributed by atoms with Gasteiger partial charge in [0, 0.05) is 24.1 Å². The minimum absolute atomic E-state index is 0.249. The third kappa shape index (κ3) is 1.77. The van der Waals surface area contributed by atoms with Gasteiger partial charge in [0.25, 0.3) is 0 Å². The monoisotopic (exact) mass is 220 g/mol. The van der Waals surface area contributed by atoms with E-state index in [2.05, 4.69) is 10.2 Å². The van der Waals surface area contributed by atoms with Crippen LogP contribution in [0.1, 0.15) is 67.3 Å². The smallest absolute Gasteiger partial charge is 0.0688 e. The normalized spacial score (nSPS) is 21.8. The van der Waals surface area contributed by atoms with Crippen LogP contribution in [-0.2, 0) is 6.42 Å². The van der Waals surface area contributed by atoms with Crippen LogP contribution in [0.5, 0.6) is 0 Å². The Bertz CT molecular complexity index is 362. The van der Waals surface area contributed by atoms with Gasteiger partial charge >= 0.3 is 0 Å². The van der Waals surface area contributed by atoms with Crippen molar-refractivity contribution in [2.75, 3.05) is 6.61 Å². The average molecular weight is 220 g/mol. The molecule has 0 radical (unpaired) electrons. The van der Waals surface area contributed by atoms with E-state index in [9.17, 15) is 5.11 Å². The first kappa shape index (κ1) is 10.3. The highest BCUT2D eigenvalue weighted by molar-refractivity contribution is 5.33. The molecule has 0 aromatic carbocycles. The Balaban J connectivity index is 1.89. The maximum atomic E-state index is 9.19. The molecule has 3 rings (SSSR count). The van der Waals surface area contributed by atoms with E-state index in [-0.39, 0.29) is 6.61 Å². The van der Waals surface area contributed by atoms with Gasteiger partial charge in [0.2, 0.25) is 0 Å². The molecule has 2 saturated carbocycles. The molecule has 0 bridgehead atoms. The summed E-state index contributed by atoms with van der Waals surface area (Å²) >= 11 is 0. The predicted octanol–water partition coefficient (Wildman–Crippen LogP) is 2.48. The third-order valence-corrected chi connectivity index (χ3v) is 4.02. The molecule has 0 amide bonds. The van der Waals surface area contributed by atoms with Crippen molar-refractivity contribution in [2.45, 2.75) is 56.8 Å². The van der Waals surface area contributed by atoms with Crippen molar-refractivity contribution in [1.29, 1.82) is 0 Å². The molecule has 1 heterocycles. The number of hydrogen-bond donors (Lipinski definition) is 2. The second-order valence-electron chi connectivity index (χ2n) is 5.23. The number of aliphatic hydroxyl groups is 1. The van der Waals surface area contributed by atoms with Crippen molar-refractivity contribution >= 4 is 0 Å². The first-order valence-electron chi connectivity index (χ1n) is 6.58. The zero-order valence-electron chi connectivity index (χ0n) is 9.71. The van der Waals surface area contributed by atoms with E-state index in [4.69, 9.17) is 0 Å². The van der Waals surface area contributed by atoms with Gasteiger partial charge in [0.15, 0.2) is 0 Å². The molecule has 88 valence electrons. The SMILES string of the molecule is OCCc1c(C2CCCC2)n[nH]c1C1CC1. The van der Waals surface area contributed by atoms with Crippen LogP contribution < -0.4 is 0 Å². The second kappa shape index (κ2) is 4.21. The lowest BCUT2D eigenvalue weighted by Gasteiger charge is -2.09. The molecule has 2 N–H and O–H groups in total. The summed E-state index contributed by atoms with van der Waals surface area (Å²) in [6.45, 7) is 0.249. The number of hydrogen-bond acceptors (Lipinski definition) is 2. The maximum absolute atomic E-state index is 9.19. The molecule has 0 unspecified atom stereocenters. The van der Waals surface area contributed by atoms with Gasteiger partial charge in [-0.3, -0.25) is 5.10 Å².